The third-order valence-electron chi connectivity index (χ3n) is 3.64. The summed E-state index contributed by atoms with van der Waals surface area (Å²) < 4.78 is 5.79. The van der Waals surface area contributed by atoms with Crippen molar-refractivity contribution in [3.05, 3.63) is 23.8 Å². The summed E-state index contributed by atoms with van der Waals surface area (Å²) in [5, 5.41) is 11.9. The van der Waals surface area contributed by atoms with E-state index in [1.165, 1.54) is 4.90 Å². The first-order valence-corrected chi connectivity index (χ1v) is 7.73. The minimum absolute atomic E-state index is 0.0681. The van der Waals surface area contributed by atoms with Crippen LogP contribution in [0.2, 0.25) is 0 Å². The molecule has 0 saturated carbocycles. The fourth-order valence-corrected chi connectivity index (χ4v) is 1.77. The summed E-state index contributed by atoms with van der Waals surface area (Å²) in [6.07, 6.45) is 0.993. The van der Waals surface area contributed by atoms with Crippen LogP contribution in [0, 0.1) is 12.8 Å². The first kappa shape index (κ1) is 18.3. The van der Waals surface area contributed by atoms with Crippen LogP contribution in [0.3, 0.4) is 0 Å². The van der Waals surface area contributed by atoms with Crippen molar-refractivity contribution in [2.45, 2.75) is 40.2 Å². The fraction of sp³-hybridized carbons (Fsp3) is 0.588. The van der Waals surface area contributed by atoms with Gasteiger partial charge in [0.2, 0.25) is 0 Å². The highest BCUT2D eigenvalue weighted by molar-refractivity contribution is 5.89. The number of anilines is 1. The zero-order valence-electron chi connectivity index (χ0n) is 14.2. The smallest absolute Gasteiger partial charge is 0.321 e. The van der Waals surface area contributed by atoms with Crippen LogP contribution in [-0.4, -0.2) is 42.3 Å². The molecule has 0 bridgehead atoms. The van der Waals surface area contributed by atoms with Gasteiger partial charge in [0.25, 0.3) is 0 Å². The minimum atomic E-state index is -0.251. The number of aliphatic hydroxyl groups excluding tert-OH is 1. The quantitative estimate of drug-likeness (QED) is 0.812. The monoisotopic (exact) mass is 308 g/mol. The van der Waals surface area contributed by atoms with Crippen molar-refractivity contribution in [3.8, 4) is 5.75 Å². The van der Waals surface area contributed by atoms with Crippen molar-refractivity contribution < 1.29 is 14.6 Å². The number of benzene rings is 1. The predicted octanol–water partition coefficient (Wildman–Crippen LogP) is 3.26. The Kier molecular flexibility index (Phi) is 7.18. The SMILES string of the molecule is Cc1ccc(NC(=O)N(C)C(C)CO)cc1OCCC(C)C. The highest BCUT2D eigenvalue weighted by atomic mass is 16.5. The van der Waals surface area contributed by atoms with E-state index in [0.29, 0.717) is 18.2 Å². The second-order valence-corrected chi connectivity index (χ2v) is 6.08. The van der Waals surface area contributed by atoms with Gasteiger partial charge in [0.05, 0.1) is 19.3 Å². The Labute approximate surface area is 133 Å². The van der Waals surface area contributed by atoms with Crippen molar-refractivity contribution in [2.75, 3.05) is 25.6 Å². The zero-order valence-corrected chi connectivity index (χ0v) is 14.2. The summed E-state index contributed by atoms with van der Waals surface area (Å²) in [5.74, 6) is 1.38. The number of rotatable bonds is 7. The first-order chi connectivity index (χ1) is 10.3. The molecule has 5 nitrogen and oxygen atoms in total. The highest BCUT2D eigenvalue weighted by Crippen LogP contribution is 2.23. The normalized spacial score (nSPS) is 12.1. The number of carbonyl (C=O) groups is 1. The average molecular weight is 308 g/mol. The van der Waals surface area contributed by atoms with Gasteiger partial charge in [0, 0.05) is 18.8 Å². The van der Waals surface area contributed by atoms with E-state index in [0.717, 1.165) is 17.7 Å². The molecule has 0 saturated heterocycles. The second kappa shape index (κ2) is 8.63. The summed E-state index contributed by atoms with van der Waals surface area (Å²) in [6.45, 7) is 8.68. The van der Waals surface area contributed by atoms with E-state index in [-0.39, 0.29) is 18.7 Å². The number of likely N-dealkylation sites (N-methyl/N-ethyl adjacent to an activating group) is 1. The van der Waals surface area contributed by atoms with Crippen molar-refractivity contribution in [3.63, 3.8) is 0 Å². The molecule has 0 aromatic heterocycles. The molecule has 22 heavy (non-hydrogen) atoms. The number of nitrogens with one attached hydrogen (secondary N) is 1. The fourth-order valence-electron chi connectivity index (χ4n) is 1.77. The van der Waals surface area contributed by atoms with E-state index in [9.17, 15) is 4.79 Å². The van der Waals surface area contributed by atoms with Crippen LogP contribution >= 0.6 is 0 Å². The number of hydrogen-bond donors (Lipinski definition) is 2. The molecule has 5 heteroatoms. The summed E-state index contributed by atoms with van der Waals surface area (Å²) in [5.41, 5.74) is 1.73. The number of nitrogens with zero attached hydrogens (tertiary/aromatic N) is 1. The number of carbonyl (C=O) groups excluding carboxylic acids is 1. The molecule has 1 atom stereocenters. The average Bonchev–Trinajstić information content (AvgIpc) is 2.48. The summed E-state index contributed by atoms with van der Waals surface area (Å²) in [7, 11) is 1.66. The number of ether oxygens (including phenoxy) is 1. The predicted molar refractivity (Wildman–Crippen MR) is 89.5 cm³/mol. The Hall–Kier alpha value is -1.75. The summed E-state index contributed by atoms with van der Waals surface area (Å²) in [6, 6.07) is 5.13. The Bertz CT molecular complexity index is 489. The minimum Gasteiger partial charge on any atom is -0.493 e. The van der Waals surface area contributed by atoms with Gasteiger partial charge >= 0.3 is 6.03 Å². The topological polar surface area (TPSA) is 61.8 Å². The highest BCUT2D eigenvalue weighted by Gasteiger charge is 2.15. The number of aryl methyl sites for hydroxylation is 1. The lowest BCUT2D eigenvalue weighted by Gasteiger charge is -2.23. The van der Waals surface area contributed by atoms with Gasteiger partial charge < -0.3 is 20.1 Å². The van der Waals surface area contributed by atoms with Crippen molar-refractivity contribution in [2.24, 2.45) is 5.92 Å². The number of aliphatic hydroxyl groups is 1. The lowest BCUT2D eigenvalue weighted by Crippen LogP contribution is -2.40. The molecule has 0 radical (unpaired) electrons. The van der Waals surface area contributed by atoms with Crippen molar-refractivity contribution in [1.29, 1.82) is 0 Å². The summed E-state index contributed by atoms with van der Waals surface area (Å²) in [4.78, 5) is 13.5. The third kappa shape index (κ3) is 5.56. The number of urea groups is 1. The molecule has 0 aliphatic heterocycles. The van der Waals surface area contributed by atoms with E-state index < -0.39 is 0 Å². The molecule has 0 aliphatic rings. The van der Waals surface area contributed by atoms with Crippen LogP contribution in [0.4, 0.5) is 10.5 Å². The standard InChI is InChI=1S/C17H28N2O3/c1-12(2)8-9-22-16-10-15(7-6-13(16)3)18-17(21)19(5)14(4)11-20/h6-7,10,12,14,20H,8-9,11H2,1-5H3,(H,18,21). The molecule has 2 amide bonds. The Balaban J connectivity index is 2.70. The van der Waals surface area contributed by atoms with Gasteiger partial charge in [-0.15, -0.1) is 0 Å². The third-order valence-corrected chi connectivity index (χ3v) is 3.64. The van der Waals surface area contributed by atoms with Gasteiger partial charge in [-0.1, -0.05) is 19.9 Å². The molecule has 0 heterocycles. The zero-order chi connectivity index (χ0) is 16.7. The van der Waals surface area contributed by atoms with Gasteiger partial charge in [-0.2, -0.15) is 0 Å². The Morgan fingerprint density at radius 3 is 2.64 bits per heavy atom. The van der Waals surface area contributed by atoms with E-state index in [1.807, 2.05) is 25.1 Å². The maximum absolute atomic E-state index is 12.1. The van der Waals surface area contributed by atoms with Gasteiger partial charge in [0.15, 0.2) is 0 Å². The van der Waals surface area contributed by atoms with Gasteiger partial charge in [-0.3, -0.25) is 0 Å². The van der Waals surface area contributed by atoms with Crippen LogP contribution in [0.25, 0.3) is 0 Å². The maximum Gasteiger partial charge on any atom is 0.321 e. The largest absolute Gasteiger partial charge is 0.493 e. The van der Waals surface area contributed by atoms with Gasteiger partial charge in [-0.05, 0) is 37.8 Å². The Morgan fingerprint density at radius 1 is 1.36 bits per heavy atom. The molecule has 0 fully saturated rings. The van der Waals surface area contributed by atoms with Crippen LogP contribution in [0.5, 0.6) is 5.75 Å². The van der Waals surface area contributed by atoms with Crippen LogP contribution < -0.4 is 10.1 Å². The molecule has 1 aromatic rings. The van der Waals surface area contributed by atoms with Crippen molar-refractivity contribution >= 4 is 11.7 Å². The molecule has 0 aliphatic carbocycles. The maximum atomic E-state index is 12.1. The molecule has 1 unspecified atom stereocenters. The number of hydrogen-bond acceptors (Lipinski definition) is 3. The van der Waals surface area contributed by atoms with Crippen LogP contribution in [0.1, 0.15) is 32.8 Å². The summed E-state index contributed by atoms with van der Waals surface area (Å²) >= 11 is 0. The lowest BCUT2D eigenvalue weighted by molar-refractivity contribution is 0.166. The molecule has 124 valence electrons. The molecular weight excluding hydrogens is 280 g/mol. The van der Waals surface area contributed by atoms with Crippen LogP contribution in [-0.2, 0) is 0 Å². The number of amides is 2. The molecule has 1 rings (SSSR count). The van der Waals surface area contributed by atoms with Gasteiger partial charge in [-0.25, -0.2) is 4.79 Å². The first-order valence-electron chi connectivity index (χ1n) is 7.73. The Morgan fingerprint density at radius 2 is 2.05 bits per heavy atom. The van der Waals surface area contributed by atoms with E-state index >= 15 is 0 Å². The second-order valence-electron chi connectivity index (χ2n) is 6.08. The molecule has 0 spiro atoms. The van der Waals surface area contributed by atoms with Crippen molar-refractivity contribution in [1.82, 2.24) is 4.90 Å². The van der Waals surface area contributed by atoms with E-state index in [2.05, 4.69) is 19.2 Å². The van der Waals surface area contributed by atoms with E-state index in [4.69, 9.17) is 9.84 Å². The van der Waals surface area contributed by atoms with Gasteiger partial charge in [0.1, 0.15) is 5.75 Å². The molecular formula is C17H28N2O3. The van der Waals surface area contributed by atoms with Crippen LogP contribution in [0.15, 0.2) is 18.2 Å². The molecule has 1 aromatic carbocycles. The molecule has 2 N–H and O–H groups in total. The lowest BCUT2D eigenvalue weighted by atomic mass is 10.1. The van der Waals surface area contributed by atoms with E-state index in [1.54, 1.807) is 14.0 Å².